The van der Waals surface area contributed by atoms with Gasteiger partial charge in [-0.05, 0) is 54.5 Å². The van der Waals surface area contributed by atoms with Crippen LogP contribution >= 0.6 is 0 Å². The lowest BCUT2D eigenvalue weighted by Gasteiger charge is -2.24. The summed E-state index contributed by atoms with van der Waals surface area (Å²) in [6.45, 7) is 1.84. The van der Waals surface area contributed by atoms with Gasteiger partial charge < -0.3 is 30.0 Å². The zero-order valence-electron chi connectivity index (χ0n) is 18.7. The van der Waals surface area contributed by atoms with Gasteiger partial charge in [-0.15, -0.1) is 0 Å². The van der Waals surface area contributed by atoms with E-state index in [1.165, 1.54) is 0 Å². The van der Waals surface area contributed by atoms with Crippen molar-refractivity contribution >= 4 is 28.3 Å². The number of aliphatic hydroxyl groups excluding tert-OH is 1. The highest BCUT2D eigenvalue weighted by molar-refractivity contribution is 5.94. The minimum atomic E-state index is -0.460. The highest BCUT2D eigenvalue weighted by Gasteiger charge is 2.18. The van der Waals surface area contributed by atoms with E-state index in [4.69, 9.17) is 4.42 Å². The Balaban J connectivity index is 1.31. The first kappa shape index (κ1) is 21.6. The first-order valence-corrected chi connectivity index (χ1v) is 11.1. The molecule has 4 N–H and O–H groups in total. The lowest BCUT2D eigenvalue weighted by atomic mass is 10.1. The molecule has 1 aliphatic rings. The summed E-state index contributed by atoms with van der Waals surface area (Å²) in [4.78, 5) is 12.9. The fraction of sp³-hybridized carbons (Fsp3) is 0.148. The SMILES string of the molecule is CC1=CNC(Nc2ccc3occc3c2)C=C1n1ccc(C(=O)NC(CO)c2ccccc2)c1. The molecule has 2 aromatic heterocycles. The molecule has 172 valence electrons. The predicted molar refractivity (Wildman–Crippen MR) is 133 cm³/mol. The molecular formula is C27H26N4O3. The number of hydrogen-bond donors (Lipinski definition) is 4. The van der Waals surface area contributed by atoms with Crippen molar-refractivity contribution in [3.8, 4) is 0 Å². The van der Waals surface area contributed by atoms with Gasteiger partial charge in [0.2, 0.25) is 0 Å². The molecule has 7 heteroatoms. The third kappa shape index (κ3) is 4.46. The lowest BCUT2D eigenvalue weighted by Crippen LogP contribution is -2.34. The fourth-order valence-electron chi connectivity index (χ4n) is 4.08. The summed E-state index contributed by atoms with van der Waals surface area (Å²) in [6.07, 6.45) is 9.27. The third-order valence-corrected chi connectivity index (χ3v) is 5.91. The van der Waals surface area contributed by atoms with Gasteiger partial charge in [0.15, 0.2) is 0 Å². The number of dihydropyridines is 1. The van der Waals surface area contributed by atoms with Crippen LogP contribution in [0.15, 0.2) is 102 Å². The fourth-order valence-corrected chi connectivity index (χ4v) is 4.08. The van der Waals surface area contributed by atoms with Crippen molar-refractivity contribution in [3.63, 3.8) is 0 Å². The average molecular weight is 455 g/mol. The van der Waals surface area contributed by atoms with Crippen LogP contribution < -0.4 is 16.0 Å². The second kappa shape index (κ2) is 9.33. The van der Waals surface area contributed by atoms with E-state index in [-0.39, 0.29) is 18.7 Å². The van der Waals surface area contributed by atoms with Crippen LogP contribution in [0.2, 0.25) is 0 Å². The number of allylic oxidation sites excluding steroid dienone is 2. The molecule has 0 saturated heterocycles. The van der Waals surface area contributed by atoms with Crippen LogP contribution in [0.5, 0.6) is 0 Å². The zero-order chi connectivity index (χ0) is 23.5. The van der Waals surface area contributed by atoms with Crippen molar-refractivity contribution in [2.24, 2.45) is 0 Å². The van der Waals surface area contributed by atoms with Crippen LogP contribution in [0, 0.1) is 0 Å². The molecule has 4 aromatic rings. The average Bonchev–Trinajstić information content (AvgIpc) is 3.54. The van der Waals surface area contributed by atoms with Crippen molar-refractivity contribution in [2.75, 3.05) is 11.9 Å². The summed E-state index contributed by atoms with van der Waals surface area (Å²) in [6, 6.07) is 18.7. The molecule has 0 radical (unpaired) electrons. The molecule has 1 amide bonds. The number of aliphatic hydroxyl groups is 1. The molecule has 2 atom stereocenters. The molecule has 5 rings (SSSR count). The molecule has 0 fully saturated rings. The summed E-state index contributed by atoms with van der Waals surface area (Å²) in [5.41, 5.74) is 5.23. The monoisotopic (exact) mass is 454 g/mol. The van der Waals surface area contributed by atoms with Crippen LogP contribution in [0.1, 0.15) is 28.9 Å². The van der Waals surface area contributed by atoms with Crippen molar-refractivity contribution in [1.29, 1.82) is 0 Å². The number of furan rings is 1. The van der Waals surface area contributed by atoms with E-state index in [1.807, 2.05) is 78.5 Å². The maximum Gasteiger partial charge on any atom is 0.253 e. The minimum absolute atomic E-state index is 0.125. The Morgan fingerprint density at radius 3 is 2.85 bits per heavy atom. The van der Waals surface area contributed by atoms with E-state index in [1.54, 1.807) is 18.5 Å². The van der Waals surface area contributed by atoms with Crippen LogP contribution in [0.4, 0.5) is 5.69 Å². The van der Waals surface area contributed by atoms with Gasteiger partial charge in [-0.2, -0.15) is 0 Å². The minimum Gasteiger partial charge on any atom is -0.464 e. The number of hydrogen-bond acceptors (Lipinski definition) is 5. The number of carbonyl (C=O) groups is 1. The highest BCUT2D eigenvalue weighted by atomic mass is 16.3. The molecule has 3 heterocycles. The Morgan fingerprint density at radius 2 is 2.03 bits per heavy atom. The van der Waals surface area contributed by atoms with Gasteiger partial charge in [-0.25, -0.2) is 0 Å². The Labute approximate surface area is 197 Å². The number of nitrogens with one attached hydrogen (secondary N) is 3. The summed E-state index contributed by atoms with van der Waals surface area (Å²) in [7, 11) is 0. The number of anilines is 1. The smallest absolute Gasteiger partial charge is 0.253 e. The lowest BCUT2D eigenvalue weighted by molar-refractivity contribution is 0.0916. The van der Waals surface area contributed by atoms with Gasteiger partial charge in [-0.1, -0.05) is 30.3 Å². The molecule has 0 bridgehead atoms. The summed E-state index contributed by atoms with van der Waals surface area (Å²) < 4.78 is 7.35. The molecule has 0 saturated carbocycles. The topological polar surface area (TPSA) is 91.5 Å². The summed E-state index contributed by atoms with van der Waals surface area (Å²) in [5, 5.41) is 20.5. The van der Waals surface area contributed by atoms with E-state index in [9.17, 15) is 9.90 Å². The second-order valence-corrected chi connectivity index (χ2v) is 8.27. The largest absolute Gasteiger partial charge is 0.464 e. The number of fused-ring (bicyclic) bond motifs is 1. The molecular weight excluding hydrogens is 428 g/mol. The van der Waals surface area contributed by atoms with Crippen LogP contribution in [0.25, 0.3) is 16.7 Å². The number of nitrogens with zero attached hydrogens (tertiary/aromatic N) is 1. The number of benzene rings is 2. The Hall–Kier alpha value is -4.23. The molecule has 34 heavy (non-hydrogen) atoms. The van der Waals surface area contributed by atoms with E-state index >= 15 is 0 Å². The van der Waals surface area contributed by atoms with Gasteiger partial charge >= 0.3 is 0 Å². The molecule has 0 spiro atoms. The molecule has 0 aliphatic carbocycles. The first-order valence-electron chi connectivity index (χ1n) is 11.1. The number of carbonyl (C=O) groups excluding carboxylic acids is 1. The maximum absolute atomic E-state index is 12.9. The van der Waals surface area contributed by atoms with Gasteiger partial charge in [0.1, 0.15) is 11.7 Å². The standard InChI is InChI=1S/C27H26N4O3/c1-18-15-28-26(29-22-7-8-25-20(13-22)10-12-34-25)14-24(18)31-11-9-21(16-31)27(33)30-23(17-32)19-5-3-2-4-6-19/h2-16,23,26,28-29,32H,17H2,1H3,(H,30,33). The van der Waals surface area contributed by atoms with Gasteiger partial charge in [0, 0.05) is 35.4 Å². The van der Waals surface area contributed by atoms with E-state index < -0.39 is 6.04 Å². The molecule has 7 nitrogen and oxygen atoms in total. The van der Waals surface area contributed by atoms with Crippen LogP contribution in [-0.4, -0.2) is 28.4 Å². The van der Waals surface area contributed by atoms with Gasteiger partial charge in [0.05, 0.1) is 24.5 Å². The van der Waals surface area contributed by atoms with E-state index in [0.717, 1.165) is 33.5 Å². The normalized spacial score (nSPS) is 16.4. The number of rotatable bonds is 7. The van der Waals surface area contributed by atoms with Crippen molar-refractivity contribution in [1.82, 2.24) is 15.2 Å². The Kier molecular flexibility index (Phi) is 5.93. The third-order valence-electron chi connectivity index (χ3n) is 5.91. The second-order valence-electron chi connectivity index (χ2n) is 8.27. The number of amides is 1. The molecule has 2 unspecified atom stereocenters. The predicted octanol–water partition coefficient (Wildman–Crippen LogP) is 4.48. The van der Waals surface area contributed by atoms with Crippen molar-refractivity contribution in [3.05, 3.63) is 108 Å². The van der Waals surface area contributed by atoms with Gasteiger partial charge in [0.25, 0.3) is 5.91 Å². The number of aromatic nitrogens is 1. The van der Waals surface area contributed by atoms with E-state index in [2.05, 4.69) is 22.0 Å². The van der Waals surface area contributed by atoms with Crippen molar-refractivity contribution < 1.29 is 14.3 Å². The highest BCUT2D eigenvalue weighted by Crippen LogP contribution is 2.24. The molecule has 2 aromatic carbocycles. The van der Waals surface area contributed by atoms with Gasteiger partial charge in [-0.3, -0.25) is 4.79 Å². The van der Waals surface area contributed by atoms with Crippen molar-refractivity contribution in [2.45, 2.75) is 19.1 Å². The molecule has 1 aliphatic heterocycles. The summed E-state index contributed by atoms with van der Waals surface area (Å²) in [5.74, 6) is -0.235. The zero-order valence-corrected chi connectivity index (χ0v) is 18.7. The van der Waals surface area contributed by atoms with E-state index in [0.29, 0.717) is 5.56 Å². The maximum atomic E-state index is 12.9. The summed E-state index contributed by atoms with van der Waals surface area (Å²) >= 11 is 0. The Bertz CT molecular complexity index is 1370. The quantitative estimate of drug-likeness (QED) is 0.330. The Morgan fingerprint density at radius 1 is 1.18 bits per heavy atom. The van der Waals surface area contributed by atoms with Crippen LogP contribution in [0.3, 0.4) is 0 Å². The first-order chi connectivity index (χ1) is 16.6. The van der Waals surface area contributed by atoms with Crippen LogP contribution in [-0.2, 0) is 0 Å².